The molecule has 2 aromatic rings. The normalized spacial score (nSPS) is 12.7. The van der Waals surface area contributed by atoms with Crippen molar-refractivity contribution in [2.24, 2.45) is 0 Å². The van der Waals surface area contributed by atoms with Crippen molar-refractivity contribution in [1.82, 2.24) is 24.5 Å². The quantitative estimate of drug-likeness (QED) is 0.761. The van der Waals surface area contributed by atoms with Crippen molar-refractivity contribution in [1.29, 1.82) is 0 Å². The smallest absolute Gasteiger partial charge is 0.208 e. The van der Waals surface area contributed by atoms with E-state index >= 15 is 0 Å². The maximum Gasteiger partial charge on any atom is 0.208 e. The van der Waals surface area contributed by atoms with Crippen molar-refractivity contribution in [2.75, 3.05) is 24.7 Å². The highest BCUT2D eigenvalue weighted by Gasteiger charge is 2.21. The van der Waals surface area contributed by atoms with Crippen LogP contribution in [0.4, 0.5) is 5.82 Å². The summed E-state index contributed by atoms with van der Waals surface area (Å²) in [5, 5.41) is 16.0. The highest BCUT2D eigenvalue weighted by Crippen LogP contribution is 2.20. The number of fused-ring (bicyclic) bond motifs is 1. The molecule has 0 amide bonds. The van der Waals surface area contributed by atoms with Crippen LogP contribution in [0.2, 0.25) is 0 Å². The van der Waals surface area contributed by atoms with Gasteiger partial charge in [0.25, 0.3) is 0 Å². The summed E-state index contributed by atoms with van der Waals surface area (Å²) in [6, 6.07) is 3.69. The lowest BCUT2D eigenvalue weighted by atomic mass is 9.96. The molecule has 0 saturated heterocycles. The van der Waals surface area contributed by atoms with Crippen molar-refractivity contribution in [2.45, 2.75) is 32.6 Å². The van der Waals surface area contributed by atoms with Gasteiger partial charge in [0.1, 0.15) is 5.82 Å². The summed E-state index contributed by atoms with van der Waals surface area (Å²) < 4.78 is 26.1. The van der Waals surface area contributed by atoms with Gasteiger partial charge in [-0.05, 0) is 18.6 Å². The Kier molecular flexibility index (Phi) is 4.66. The lowest BCUT2D eigenvalue weighted by molar-refractivity contribution is 0.527. The predicted octanol–water partition coefficient (Wildman–Crippen LogP) is 0.773. The zero-order valence-corrected chi connectivity index (χ0v) is 14.1. The number of sulfonamides is 1. The molecule has 9 heteroatoms. The Labute approximate surface area is 130 Å². The lowest BCUT2D eigenvalue weighted by Gasteiger charge is -2.15. The van der Waals surface area contributed by atoms with Gasteiger partial charge in [-0.15, -0.1) is 15.3 Å². The molecule has 2 aromatic heterocycles. The Morgan fingerprint density at radius 3 is 2.55 bits per heavy atom. The first-order valence-electron chi connectivity index (χ1n) is 7.08. The van der Waals surface area contributed by atoms with Gasteiger partial charge in [0.05, 0.1) is 6.26 Å². The minimum atomic E-state index is -3.13. The molecule has 0 unspecified atom stereocenters. The third-order valence-corrected chi connectivity index (χ3v) is 3.69. The first-order valence-corrected chi connectivity index (χ1v) is 8.97. The van der Waals surface area contributed by atoms with Crippen LogP contribution in [0.3, 0.4) is 0 Å². The number of aromatic nitrogens is 4. The van der Waals surface area contributed by atoms with Gasteiger partial charge in [-0.25, -0.2) is 13.1 Å². The highest BCUT2D eigenvalue weighted by molar-refractivity contribution is 7.88. The third-order valence-electron chi connectivity index (χ3n) is 2.96. The molecule has 0 aliphatic heterocycles. The molecule has 0 radical (unpaired) electrons. The molecule has 2 rings (SSSR count). The predicted molar refractivity (Wildman–Crippen MR) is 85.4 cm³/mol. The SMILES string of the molecule is CC(C)(C)c1nnc2ccc(NCCCNS(C)(=O)=O)nn12. The van der Waals surface area contributed by atoms with Crippen molar-refractivity contribution in [3.05, 3.63) is 18.0 Å². The van der Waals surface area contributed by atoms with Crippen LogP contribution in [0.25, 0.3) is 5.65 Å². The van der Waals surface area contributed by atoms with Crippen molar-refractivity contribution < 1.29 is 8.42 Å². The van der Waals surface area contributed by atoms with Gasteiger partial charge in [0.15, 0.2) is 11.5 Å². The van der Waals surface area contributed by atoms with Crippen LogP contribution in [0.5, 0.6) is 0 Å². The molecule has 0 aromatic carbocycles. The molecular weight excluding hydrogens is 304 g/mol. The van der Waals surface area contributed by atoms with E-state index in [-0.39, 0.29) is 5.41 Å². The third kappa shape index (κ3) is 4.38. The van der Waals surface area contributed by atoms with E-state index in [2.05, 4.69) is 46.1 Å². The van der Waals surface area contributed by atoms with Gasteiger partial charge >= 0.3 is 0 Å². The molecule has 0 spiro atoms. The molecule has 0 aliphatic rings. The summed E-state index contributed by atoms with van der Waals surface area (Å²) in [7, 11) is -3.13. The Bertz CT molecular complexity index is 747. The molecule has 0 saturated carbocycles. The van der Waals surface area contributed by atoms with Crippen LogP contribution >= 0.6 is 0 Å². The summed E-state index contributed by atoms with van der Waals surface area (Å²) in [6.45, 7) is 7.19. The van der Waals surface area contributed by atoms with E-state index in [1.807, 2.05) is 12.1 Å². The average molecular weight is 326 g/mol. The monoisotopic (exact) mass is 326 g/mol. The number of hydrogen-bond donors (Lipinski definition) is 2. The first kappa shape index (κ1) is 16.6. The Morgan fingerprint density at radius 1 is 1.18 bits per heavy atom. The minimum absolute atomic E-state index is 0.148. The molecule has 2 N–H and O–H groups in total. The fourth-order valence-electron chi connectivity index (χ4n) is 1.91. The van der Waals surface area contributed by atoms with Crippen molar-refractivity contribution in [3.63, 3.8) is 0 Å². The second-order valence-corrected chi connectivity index (χ2v) is 8.04. The number of nitrogens with zero attached hydrogens (tertiary/aromatic N) is 4. The van der Waals surface area contributed by atoms with E-state index in [9.17, 15) is 8.42 Å². The zero-order chi connectivity index (χ0) is 16.4. The highest BCUT2D eigenvalue weighted by atomic mass is 32.2. The van der Waals surface area contributed by atoms with Gasteiger partial charge in [-0.1, -0.05) is 20.8 Å². The zero-order valence-electron chi connectivity index (χ0n) is 13.3. The minimum Gasteiger partial charge on any atom is -0.369 e. The number of nitrogens with one attached hydrogen (secondary N) is 2. The van der Waals surface area contributed by atoms with E-state index < -0.39 is 10.0 Å². The average Bonchev–Trinajstić information content (AvgIpc) is 2.79. The maximum atomic E-state index is 11.0. The Hall–Kier alpha value is -1.74. The Balaban J connectivity index is 2.00. The summed E-state index contributed by atoms with van der Waals surface area (Å²) in [4.78, 5) is 0. The molecule has 2 heterocycles. The van der Waals surface area contributed by atoms with Crippen molar-refractivity contribution >= 4 is 21.5 Å². The summed E-state index contributed by atoms with van der Waals surface area (Å²) in [5.74, 6) is 1.50. The fourth-order valence-corrected chi connectivity index (χ4v) is 2.43. The van der Waals surface area contributed by atoms with Crippen LogP contribution < -0.4 is 10.0 Å². The molecule has 8 nitrogen and oxygen atoms in total. The van der Waals surface area contributed by atoms with Crippen LogP contribution in [-0.2, 0) is 15.4 Å². The standard InChI is InChI=1S/C13H22N6O2S/c1-13(2,3)12-17-16-11-7-6-10(18-19(11)12)14-8-5-9-15-22(4,20)21/h6-7,15H,5,8-9H2,1-4H3,(H,14,18). The number of anilines is 1. The topological polar surface area (TPSA) is 101 Å². The van der Waals surface area contributed by atoms with E-state index in [1.165, 1.54) is 0 Å². The van der Waals surface area contributed by atoms with E-state index in [0.29, 0.717) is 31.0 Å². The molecule has 0 fully saturated rings. The second-order valence-electron chi connectivity index (χ2n) is 6.21. The molecule has 122 valence electrons. The van der Waals surface area contributed by atoms with Crippen LogP contribution in [-0.4, -0.2) is 47.6 Å². The molecule has 0 bridgehead atoms. The van der Waals surface area contributed by atoms with Crippen LogP contribution in [0.1, 0.15) is 33.0 Å². The van der Waals surface area contributed by atoms with Crippen LogP contribution in [0, 0.1) is 0 Å². The van der Waals surface area contributed by atoms with E-state index in [0.717, 1.165) is 12.1 Å². The number of rotatable bonds is 6. The second kappa shape index (κ2) is 6.17. The van der Waals surface area contributed by atoms with Gasteiger partial charge in [0.2, 0.25) is 10.0 Å². The van der Waals surface area contributed by atoms with E-state index in [4.69, 9.17) is 0 Å². The number of hydrogen-bond acceptors (Lipinski definition) is 6. The molecular formula is C13H22N6O2S. The van der Waals surface area contributed by atoms with Gasteiger partial charge in [0, 0.05) is 18.5 Å². The molecule has 0 aliphatic carbocycles. The summed E-state index contributed by atoms with van der Waals surface area (Å²) in [6.07, 6.45) is 1.82. The van der Waals surface area contributed by atoms with Gasteiger partial charge in [-0.3, -0.25) is 0 Å². The summed E-state index contributed by atoms with van der Waals surface area (Å²) in [5.41, 5.74) is 0.555. The van der Waals surface area contributed by atoms with Gasteiger partial charge in [-0.2, -0.15) is 4.52 Å². The molecule has 0 atom stereocenters. The lowest BCUT2D eigenvalue weighted by Crippen LogP contribution is -2.24. The van der Waals surface area contributed by atoms with Gasteiger partial charge < -0.3 is 5.32 Å². The first-order chi connectivity index (χ1) is 10.2. The summed E-state index contributed by atoms with van der Waals surface area (Å²) >= 11 is 0. The van der Waals surface area contributed by atoms with Crippen molar-refractivity contribution in [3.8, 4) is 0 Å². The van der Waals surface area contributed by atoms with E-state index in [1.54, 1.807) is 4.52 Å². The Morgan fingerprint density at radius 2 is 1.91 bits per heavy atom. The molecule has 22 heavy (non-hydrogen) atoms. The maximum absolute atomic E-state index is 11.0. The van der Waals surface area contributed by atoms with Crippen LogP contribution in [0.15, 0.2) is 12.1 Å². The fraction of sp³-hybridized carbons (Fsp3) is 0.615. The largest absolute Gasteiger partial charge is 0.369 e.